The topological polar surface area (TPSA) is 204 Å². The van der Waals surface area contributed by atoms with Gasteiger partial charge in [-0.2, -0.15) is 8.42 Å². The second-order valence-corrected chi connectivity index (χ2v) is 12.4. The fraction of sp³-hybridized carbons (Fsp3) is 0.364. The van der Waals surface area contributed by atoms with Crippen molar-refractivity contribution in [3.8, 4) is 11.8 Å². The predicted octanol–water partition coefficient (Wildman–Crippen LogP) is -1.18. The lowest BCUT2D eigenvalue weighted by Gasteiger charge is -2.18. The average molecular weight is 533 g/mol. The van der Waals surface area contributed by atoms with Crippen molar-refractivity contribution in [3.63, 3.8) is 0 Å². The van der Waals surface area contributed by atoms with Crippen molar-refractivity contribution in [1.82, 2.24) is 19.3 Å². The number of nitrogens with zero attached hydrogens (tertiary/aromatic N) is 3. The van der Waals surface area contributed by atoms with E-state index < -0.39 is 44.2 Å². The smallest absolute Gasteiger partial charge is 0.274 e. The third kappa shape index (κ3) is 4.34. The summed E-state index contributed by atoms with van der Waals surface area (Å²) in [5.41, 5.74) is 8.03. The zero-order chi connectivity index (χ0) is 25.8. The number of aliphatic hydroxyl groups is 2. The summed E-state index contributed by atoms with van der Waals surface area (Å²) in [7, 11) is -7.38. The maximum absolute atomic E-state index is 12.5. The lowest BCUT2D eigenvalue weighted by Crippen LogP contribution is -2.38. The summed E-state index contributed by atoms with van der Waals surface area (Å²) in [5.74, 6) is 5.53. The number of sulfone groups is 1. The molecule has 2 aliphatic rings. The Bertz CT molecular complexity index is 1640. The van der Waals surface area contributed by atoms with E-state index in [0.717, 1.165) is 5.56 Å². The van der Waals surface area contributed by atoms with Crippen LogP contribution < -0.4 is 15.6 Å². The molecule has 0 saturated heterocycles. The van der Waals surface area contributed by atoms with Crippen molar-refractivity contribution in [2.75, 3.05) is 18.0 Å². The third-order valence-electron chi connectivity index (χ3n) is 6.69. The maximum atomic E-state index is 12.5. The van der Waals surface area contributed by atoms with Gasteiger partial charge in [0.25, 0.3) is 10.2 Å². The number of hydrogen-bond donors (Lipinski definition) is 5. The van der Waals surface area contributed by atoms with Gasteiger partial charge in [0.1, 0.15) is 23.9 Å². The predicted molar refractivity (Wildman–Crippen MR) is 130 cm³/mol. The summed E-state index contributed by atoms with van der Waals surface area (Å²) in [5, 5.41) is 26.7. The van der Waals surface area contributed by atoms with Crippen LogP contribution in [0, 0.1) is 17.8 Å². The zero-order valence-electron chi connectivity index (χ0n) is 18.9. The third-order valence-corrected chi connectivity index (χ3v) is 9.11. The Morgan fingerprint density at radius 2 is 1.92 bits per heavy atom. The van der Waals surface area contributed by atoms with E-state index in [0.29, 0.717) is 28.6 Å². The fourth-order valence-electron chi connectivity index (χ4n) is 4.99. The quantitative estimate of drug-likeness (QED) is 0.256. The first-order valence-electron chi connectivity index (χ1n) is 11.1. The molecule has 2 aromatic heterocycles. The second kappa shape index (κ2) is 8.80. The maximum Gasteiger partial charge on any atom is 0.274 e. The van der Waals surface area contributed by atoms with Crippen molar-refractivity contribution < 1.29 is 27.0 Å². The first kappa shape index (κ1) is 24.6. The molecule has 1 fully saturated rings. The highest BCUT2D eigenvalue weighted by molar-refractivity contribution is 7.91. The average Bonchev–Trinajstić information content (AvgIpc) is 3.43. The molecule has 3 heterocycles. The molecule has 0 radical (unpaired) electrons. The van der Waals surface area contributed by atoms with Gasteiger partial charge < -0.3 is 20.5 Å². The molecule has 36 heavy (non-hydrogen) atoms. The Morgan fingerprint density at radius 1 is 1.17 bits per heavy atom. The summed E-state index contributed by atoms with van der Waals surface area (Å²) >= 11 is 0. The van der Waals surface area contributed by atoms with Crippen LogP contribution in [-0.2, 0) is 26.5 Å². The van der Waals surface area contributed by atoms with Gasteiger partial charge in [-0.15, -0.1) is 0 Å². The van der Waals surface area contributed by atoms with E-state index in [1.807, 2.05) is 0 Å². The lowest BCUT2D eigenvalue weighted by atomic mass is 10.1. The Hall–Kier alpha value is -3.06. The van der Waals surface area contributed by atoms with Gasteiger partial charge in [0.05, 0.1) is 33.7 Å². The van der Waals surface area contributed by atoms with E-state index >= 15 is 0 Å². The minimum absolute atomic E-state index is 0.0461. The largest absolute Gasteiger partial charge is 0.390 e. The van der Waals surface area contributed by atoms with Crippen LogP contribution in [0.25, 0.3) is 11.0 Å². The van der Waals surface area contributed by atoms with Crippen molar-refractivity contribution in [3.05, 3.63) is 47.4 Å². The number of nitrogens with two attached hydrogens (primary N) is 2. The molecule has 4 atom stereocenters. The van der Waals surface area contributed by atoms with Gasteiger partial charge >= 0.3 is 0 Å². The number of rotatable bonds is 4. The number of anilines is 1. The zero-order valence-corrected chi connectivity index (χ0v) is 20.5. The molecule has 1 saturated carbocycles. The van der Waals surface area contributed by atoms with Crippen LogP contribution in [0.5, 0.6) is 0 Å². The molecule has 0 bridgehead atoms. The standard InChI is InChI=1S/C22H24N6O6S2/c23-21-17-14(5-4-12-2-1-3-13-6-7-35(31,32)20(12)13)10-28(22(17)26-11-25-21)16-8-15(18(29)19(16)30)9-27-36(24,33)34/h1-3,10-11,15-16,18-19,27,29-30H,6-9H2,(H2,23,25,26)(H2,24,33,34)/t15-,16-,18-,19+/m1/s1. The summed E-state index contributed by atoms with van der Waals surface area (Å²) < 4.78 is 51.4. The van der Waals surface area contributed by atoms with E-state index in [4.69, 9.17) is 10.9 Å². The molecule has 0 spiro atoms. The first-order valence-corrected chi connectivity index (χ1v) is 14.3. The van der Waals surface area contributed by atoms with Crippen LogP contribution in [0.4, 0.5) is 5.82 Å². The number of hydrogen-bond acceptors (Lipinski definition) is 9. The van der Waals surface area contributed by atoms with Crippen molar-refractivity contribution in [2.45, 2.75) is 36.0 Å². The van der Waals surface area contributed by atoms with E-state index in [-0.39, 0.29) is 29.4 Å². The molecule has 190 valence electrons. The Morgan fingerprint density at radius 3 is 2.67 bits per heavy atom. The van der Waals surface area contributed by atoms with Gasteiger partial charge in [0.2, 0.25) is 0 Å². The van der Waals surface area contributed by atoms with E-state index in [1.54, 1.807) is 29.0 Å². The number of aryl methyl sites for hydroxylation is 1. The van der Waals surface area contributed by atoms with Crippen LogP contribution in [0.3, 0.4) is 0 Å². The minimum atomic E-state index is -3.97. The minimum Gasteiger partial charge on any atom is -0.390 e. The molecule has 1 aliphatic carbocycles. The highest BCUT2D eigenvalue weighted by Gasteiger charge is 2.43. The van der Waals surface area contributed by atoms with Gasteiger partial charge in [-0.05, 0) is 24.5 Å². The molecular formula is C22H24N6O6S2. The van der Waals surface area contributed by atoms with Crippen LogP contribution in [-0.4, -0.2) is 66.1 Å². The summed E-state index contributed by atoms with van der Waals surface area (Å²) in [6, 6.07) is 4.52. The molecule has 3 aromatic rings. The normalized spacial score (nSPS) is 25.0. The SMILES string of the molecule is Nc1ncnc2c1c(C#Cc1cccc3c1S(=O)(=O)CC3)cn2[C@@H]1C[C@H](CNS(N)(=O)=O)[C@@H](O)[C@H]1O. The van der Waals surface area contributed by atoms with E-state index in [1.165, 1.54) is 6.33 Å². The van der Waals surface area contributed by atoms with Gasteiger partial charge in [0.15, 0.2) is 9.84 Å². The second-order valence-electron chi connectivity index (χ2n) is 8.96. The highest BCUT2D eigenvalue weighted by Crippen LogP contribution is 2.38. The number of nitrogens with one attached hydrogen (secondary N) is 1. The number of fused-ring (bicyclic) bond motifs is 2. The highest BCUT2D eigenvalue weighted by atomic mass is 32.2. The summed E-state index contributed by atoms with van der Waals surface area (Å²) in [4.78, 5) is 8.57. The van der Waals surface area contributed by atoms with Crippen molar-refractivity contribution in [2.24, 2.45) is 11.1 Å². The van der Waals surface area contributed by atoms with E-state index in [9.17, 15) is 27.0 Å². The number of aromatic nitrogens is 3. The van der Waals surface area contributed by atoms with Crippen molar-refractivity contribution >= 4 is 36.9 Å². The van der Waals surface area contributed by atoms with Crippen LogP contribution >= 0.6 is 0 Å². The van der Waals surface area contributed by atoms with Crippen molar-refractivity contribution in [1.29, 1.82) is 0 Å². The molecule has 5 rings (SSSR count). The Kier molecular flexibility index (Phi) is 6.02. The first-order chi connectivity index (χ1) is 17.0. The lowest BCUT2D eigenvalue weighted by molar-refractivity contribution is 0.00769. The van der Waals surface area contributed by atoms with Crippen LogP contribution in [0.15, 0.2) is 35.6 Å². The van der Waals surface area contributed by atoms with E-state index in [2.05, 4.69) is 26.5 Å². The van der Waals surface area contributed by atoms with Gasteiger partial charge in [-0.3, -0.25) is 0 Å². The number of aliphatic hydroxyl groups excluding tert-OH is 2. The number of nitrogen functional groups attached to an aromatic ring is 1. The molecule has 0 unspecified atom stereocenters. The molecule has 1 aliphatic heterocycles. The van der Waals surface area contributed by atoms with Gasteiger partial charge in [0, 0.05) is 24.2 Å². The fourth-order valence-corrected chi connectivity index (χ4v) is 7.15. The molecule has 7 N–H and O–H groups in total. The molecule has 12 nitrogen and oxygen atoms in total. The summed E-state index contributed by atoms with van der Waals surface area (Å²) in [6.45, 7) is -0.149. The molecule has 0 amide bonds. The van der Waals surface area contributed by atoms with Gasteiger partial charge in [-0.25, -0.2) is 28.2 Å². The van der Waals surface area contributed by atoms with Gasteiger partial charge in [-0.1, -0.05) is 24.0 Å². The molecule has 14 heteroatoms. The number of benzene rings is 1. The monoisotopic (exact) mass is 532 g/mol. The molecule has 1 aromatic carbocycles. The Balaban J connectivity index is 1.56. The van der Waals surface area contributed by atoms with Crippen LogP contribution in [0.2, 0.25) is 0 Å². The molecular weight excluding hydrogens is 508 g/mol. The Labute approximate surface area is 207 Å². The van der Waals surface area contributed by atoms with Crippen LogP contribution in [0.1, 0.15) is 29.2 Å². The summed E-state index contributed by atoms with van der Waals surface area (Å²) in [6.07, 6.45) is 1.10.